The van der Waals surface area contributed by atoms with E-state index in [2.05, 4.69) is 0 Å². The molecule has 118 valence electrons. The van der Waals surface area contributed by atoms with E-state index in [-0.39, 0.29) is 25.7 Å². The first-order valence-corrected chi connectivity index (χ1v) is 6.84. The molecule has 0 aliphatic carbocycles. The van der Waals surface area contributed by atoms with Gasteiger partial charge in [0.2, 0.25) is 0 Å². The number of carbonyl (C=O) groups excluding carboxylic acids is 1. The maximum absolute atomic E-state index is 12.4. The van der Waals surface area contributed by atoms with Crippen molar-refractivity contribution in [1.29, 1.82) is 0 Å². The summed E-state index contributed by atoms with van der Waals surface area (Å²) in [4.78, 5) is 12.8. The molecule has 6 heteroatoms. The van der Waals surface area contributed by atoms with Crippen molar-refractivity contribution < 1.29 is 23.4 Å². The fraction of sp³-hybridized carbons (Fsp3) is 0.533. The molecule has 0 unspecified atom stereocenters. The summed E-state index contributed by atoms with van der Waals surface area (Å²) in [5.41, 5.74) is 0.952. The Bertz CT molecular complexity index is 452. The van der Waals surface area contributed by atoms with E-state index >= 15 is 0 Å². The zero-order chi connectivity index (χ0) is 15.8. The molecule has 0 saturated heterocycles. The number of aliphatic hydroxyl groups is 1. The largest absolute Gasteiger partial charge is 0.483 e. The third kappa shape index (κ3) is 5.67. The minimum absolute atomic E-state index is 0.127. The van der Waals surface area contributed by atoms with Crippen molar-refractivity contribution in [3.05, 3.63) is 29.8 Å². The number of benzene rings is 1. The van der Waals surface area contributed by atoms with Crippen LogP contribution in [0.1, 0.15) is 25.3 Å². The molecule has 0 radical (unpaired) electrons. The summed E-state index contributed by atoms with van der Waals surface area (Å²) >= 11 is 0. The van der Waals surface area contributed by atoms with Gasteiger partial charge in [-0.25, -0.2) is 8.78 Å². The molecule has 1 rings (SSSR count). The number of ether oxygens (including phenoxy) is 1. The van der Waals surface area contributed by atoms with Gasteiger partial charge >= 0.3 is 0 Å². The topological polar surface area (TPSA) is 49.8 Å². The number of aliphatic hydroxyl groups excluding tert-OH is 1. The summed E-state index contributed by atoms with van der Waals surface area (Å²) in [6, 6.07) is 7.30. The molecule has 0 heterocycles. The van der Waals surface area contributed by atoms with Gasteiger partial charge in [0.05, 0.1) is 13.2 Å². The molecule has 0 aliphatic heterocycles. The second-order valence-electron chi connectivity index (χ2n) is 4.94. The summed E-state index contributed by atoms with van der Waals surface area (Å²) in [6.07, 6.45) is -2.64. The Kier molecular flexibility index (Phi) is 7.08. The molecule has 21 heavy (non-hydrogen) atoms. The van der Waals surface area contributed by atoms with Crippen LogP contribution in [-0.4, -0.2) is 48.6 Å². The summed E-state index contributed by atoms with van der Waals surface area (Å²) in [7, 11) is 0. The molecule has 4 nitrogen and oxygen atoms in total. The lowest BCUT2D eigenvalue weighted by molar-refractivity contribution is -0.135. The van der Waals surface area contributed by atoms with E-state index in [9.17, 15) is 13.6 Å². The highest BCUT2D eigenvalue weighted by Gasteiger charge is 2.18. The number of hydrogen-bond acceptors (Lipinski definition) is 3. The molecule has 0 saturated carbocycles. The van der Waals surface area contributed by atoms with Crippen molar-refractivity contribution in [3.63, 3.8) is 0 Å². The first kappa shape index (κ1) is 17.4. The quantitative estimate of drug-likeness (QED) is 0.801. The van der Waals surface area contributed by atoms with Crippen molar-refractivity contribution in [3.8, 4) is 5.75 Å². The molecule has 0 aliphatic rings. The number of carbonyl (C=O) groups is 1. The van der Waals surface area contributed by atoms with E-state index in [1.54, 1.807) is 12.1 Å². The summed E-state index contributed by atoms with van der Waals surface area (Å²) in [5.74, 6) is 0.232. The highest BCUT2D eigenvalue weighted by Crippen LogP contribution is 2.25. The number of halogens is 2. The molecule has 0 bridgehead atoms. The number of alkyl halides is 2. The Morgan fingerprint density at radius 1 is 1.33 bits per heavy atom. The number of hydrogen-bond donors (Lipinski definition) is 1. The standard InChI is InChI=1S/C15H21F2NO3/c1-11(2)12-5-3-4-6-13(12)21-10-15(20)18(7-8-19)9-14(16)17/h3-6,11,14,19H,7-10H2,1-2H3. The molecular formula is C15H21F2NO3. The van der Waals surface area contributed by atoms with E-state index in [0.29, 0.717) is 5.75 Å². The third-order valence-electron chi connectivity index (χ3n) is 2.97. The van der Waals surface area contributed by atoms with Gasteiger partial charge in [-0.15, -0.1) is 0 Å². The van der Waals surface area contributed by atoms with Gasteiger partial charge < -0.3 is 14.7 Å². The Morgan fingerprint density at radius 3 is 2.57 bits per heavy atom. The van der Waals surface area contributed by atoms with Gasteiger partial charge in [0.15, 0.2) is 6.61 Å². The molecule has 1 amide bonds. The van der Waals surface area contributed by atoms with E-state index in [4.69, 9.17) is 9.84 Å². The van der Waals surface area contributed by atoms with E-state index in [0.717, 1.165) is 10.5 Å². The van der Waals surface area contributed by atoms with Crippen LogP contribution in [0.4, 0.5) is 8.78 Å². The lowest BCUT2D eigenvalue weighted by Gasteiger charge is -2.22. The second kappa shape index (κ2) is 8.56. The predicted octanol–water partition coefficient (Wildman–Crippen LogP) is 2.27. The van der Waals surface area contributed by atoms with Crippen LogP contribution in [-0.2, 0) is 4.79 Å². The molecule has 0 aromatic heterocycles. The minimum atomic E-state index is -2.64. The molecule has 0 spiro atoms. The van der Waals surface area contributed by atoms with Crippen LogP contribution in [0, 0.1) is 0 Å². The molecule has 1 aromatic carbocycles. The second-order valence-corrected chi connectivity index (χ2v) is 4.94. The van der Waals surface area contributed by atoms with Gasteiger partial charge in [-0.05, 0) is 17.5 Å². The Labute approximate surface area is 123 Å². The number of nitrogens with zero attached hydrogens (tertiary/aromatic N) is 1. The number of para-hydroxylation sites is 1. The normalized spacial score (nSPS) is 11.0. The van der Waals surface area contributed by atoms with Crippen molar-refractivity contribution in [2.45, 2.75) is 26.2 Å². The van der Waals surface area contributed by atoms with Crippen LogP contribution in [0.5, 0.6) is 5.75 Å². The van der Waals surface area contributed by atoms with Gasteiger partial charge in [0, 0.05) is 6.54 Å². The SMILES string of the molecule is CC(C)c1ccccc1OCC(=O)N(CCO)CC(F)F. The lowest BCUT2D eigenvalue weighted by atomic mass is 10.0. The lowest BCUT2D eigenvalue weighted by Crippen LogP contribution is -2.40. The van der Waals surface area contributed by atoms with Gasteiger partial charge in [0.25, 0.3) is 12.3 Å². The third-order valence-corrected chi connectivity index (χ3v) is 2.97. The van der Waals surface area contributed by atoms with Crippen LogP contribution in [0.25, 0.3) is 0 Å². The number of amides is 1. The Balaban J connectivity index is 2.66. The van der Waals surface area contributed by atoms with E-state index in [1.807, 2.05) is 26.0 Å². The molecule has 0 atom stereocenters. The highest BCUT2D eigenvalue weighted by atomic mass is 19.3. The molecule has 1 aromatic rings. The first-order valence-electron chi connectivity index (χ1n) is 6.84. The molecule has 1 N–H and O–H groups in total. The van der Waals surface area contributed by atoms with E-state index in [1.165, 1.54) is 0 Å². The van der Waals surface area contributed by atoms with Crippen LogP contribution in [0.15, 0.2) is 24.3 Å². The summed E-state index contributed by atoms with van der Waals surface area (Å²) < 4.78 is 30.2. The maximum atomic E-state index is 12.4. The molecular weight excluding hydrogens is 280 g/mol. The summed E-state index contributed by atoms with van der Waals surface area (Å²) in [5, 5.41) is 8.82. The highest BCUT2D eigenvalue weighted by molar-refractivity contribution is 5.77. The average molecular weight is 301 g/mol. The average Bonchev–Trinajstić information content (AvgIpc) is 2.44. The smallest absolute Gasteiger partial charge is 0.260 e. The minimum Gasteiger partial charge on any atom is -0.483 e. The van der Waals surface area contributed by atoms with Crippen molar-refractivity contribution in [1.82, 2.24) is 4.90 Å². The maximum Gasteiger partial charge on any atom is 0.260 e. The molecule has 0 fully saturated rings. The van der Waals surface area contributed by atoms with Crippen LogP contribution >= 0.6 is 0 Å². The van der Waals surface area contributed by atoms with Crippen LogP contribution < -0.4 is 4.74 Å². The van der Waals surface area contributed by atoms with Crippen LogP contribution in [0.3, 0.4) is 0 Å². The van der Waals surface area contributed by atoms with Gasteiger partial charge in [-0.3, -0.25) is 4.79 Å². The van der Waals surface area contributed by atoms with Gasteiger partial charge in [-0.2, -0.15) is 0 Å². The van der Waals surface area contributed by atoms with Gasteiger partial charge in [0.1, 0.15) is 5.75 Å². The fourth-order valence-electron chi connectivity index (χ4n) is 1.92. The predicted molar refractivity (Wildman–Crippen MR) is 75.7 cm³/mol. The Morgan fingerprint density at radius 2 is 2.00 bits per heavy atom. The van der Waals surface area contributed by atoms with Gasteiger partial charge in [-0.1, -0.05) is 32.0 Å². The zero-order valence-electron chi connectivity index (χ0n) is 12.3. The van der Waals surface area contributed by atoms with Crippen molar-refractivity contribution in [2.75, 3.05) is 26.3 Å². The monoisotopic (exact) mass is 301 g/mol. The zero-order valence-corrected chi connectivity index (χ0v) is 12.3. The summed E-state index contributed by atoms with van der Waals surface area (Å²) in [6.45, 7) is 2.49. The Hall–Kier alpha value is -1.69. The van der Waals surface area contributed by atoms with E-state index < -0.39 is 18.9 Å². The van der Waals surface area contributed by atoms with Crippen LogP contribution in [0.2, 0.25) is 0 Å². The van der Waals surface area contributed by atoms with Crippen molar-refractivity contribution >= 4 is 5.91 Å². The number of rotatable bonds is 8. The first-order chi connectivity index (χ1) is 9.95. The van der Waals surface area contributed by atoms with Crippen molar-refractivity contribution in [2.24, 2.45) is 0 Å². The fourth-order valence-corrected chi connectivity index (χ4v) is 1.92.